The van der Waals surface area contributed by atoms with Gasteiger partial charge in [0.15, 0.2) is 0 Å². The number of halogens is 3. The van der Waals surface area contributed by atoms with Crippen LogP contribution in [0.4, 0.5) is 13.2 Å². The molecule has 2 heterocycles. The SMILES string of the molecule is CN(C)CC(=O)N1CCOC2C(COc3ncccn3)CCC21.O=C(O)C(F)(F)F. The smallest absolute Gasteiger partial charge is 0.475 e. The lowest BCUT2D eigenvalue weighted by molar-refractivity contribution is -0.192. The quantitative estimate of drug-likeness (QED) is 0.734. The van der Waals surface area contributed by atoms with Crippen LogP contribution in [-0.2, 0) is 14.3 Å². The van der Waals surface area contributed by atoms with E-state index in [1.165, 1.54) is 0 Å². The lowest BCUT2D eigenvalue weighted by Gasteiger charge is -2.39. The number of fused-ring (bicyclic) bond motifs is 1. The summed E-state index contributed by atoms with van der Waals surface area (Å²) in [5.74, 6) is -2.30. The standard InChI is InChI=1S/C16H24N4O3.C2HF3O2/c1-19(2)10-14(21)20-8-9-22-15-12(4-5-13(15)20)11-23-16-17-6-3-7-18-16;3-2(4,5)1(6)7/h3,6-7,12-13,15H,4-5,8-11H2,1-2H3;(H,6,7). The third-order valence-corrected chi connectivity index (χ3v) is 4.70. The molecule has 1 aromatic heterocycles. The average Bonchev–Trinajstić information content (AvgIpc) is 3.09. The predicted molar refractivity (Wildman–Crippen MR) is 97.7 cm³/mol. The molecule has 0 aromatic carbocycles. The molecule has 0 radical (unpaired) electrons. The zero-order valence-corrected chi connectivity index (χ0v) is 16.7. The number of hydrogen-bond acceptors (Lipinski definition) is 7. The van der Waals surface area contributed by atoms with Crippen molar-refractivity contribution in [1.29, 1.82) is 0 Å². The lowest BCUT2D eigenvalue weighted by Crippen LogP contribution is -2.54. The van der Waals surface area contributed by atoms with E-state index in [1.54, 1.807) is 18.5 Å². The van der Waals surface area contributed by atoms with E-state index >= 15 is 0 Å². The molecular formula is C18H25F3N4O5. The summed E-state index contributed by atoms with van der Waals surface area (Å²) in [6.45, 7) is 2.25. The fraction of sp³-hybridized carbons (Fsp3) is 0.667. The molecule has 1 saturated carbocycles. The molecule has 0 spiro atoms. The second-order valence-electron chi connectivity index (χ2n) is 7.21. The number of carboxylic acid groups (broad SMARTS) is 1. The van der Waals surface area contributed by atoms with Crippen LogP contribution in [0.25, 0.3) is 0 Å². The van der Waals surface area contributed by atoms with E-state index in [-0.39, 0.29) is 24.0 Å². The van der Waals surface area contributed by atoms with Crippen LogP contribution in [0.1, 0.15) is 12.8 Å². The molecule has 168 valence electrons. The number of aromatic nitrogens is 2. The van der Waals surface area contributed by atoms with Crippen molar-refractivity contribution in [2.24, 2.45) is 5.92 Å². The minimum atomic E-state index is -5.08. The lowest BCUT2D eigenvalue weighted by atomic mass is 10.0. The number of carbonyl (C=O) groups excluding carboxylic acids is 1. The van der Waals surface area contributed by atoms with Gasteiger partial charge >= 0.3 is 18.2 Å². The molecule has 2 aliphatic rings. The van der Waals surface area contributed by atoms with E-state index in [0.717, 1.165) is 12.8 Å². The minimum absolute atomic E-state index is 0.0542. The second-order valence-corrected chi connectivity index (χ2v) is 7.21. The Kier molecular flexibility index (Phi) is 8.35. The molecule has 1 saturated heterocycles. The first-order chi connectivity index (χ1) is 14.1. The van der Waals surface area contributed by atoms with Crippen molar-refractivity contribution < 1.29 is 37.3 Å². The van der Waals surface area contributed by atoms with Gasteiger partial charge in [0, 0.05) is 24.9 Å². The zero-order chi connectivity index (χ0) is 22.3. The Balaban J connectivity index is 0.000000396. The van der Waals surface area contributed by atoms with Gasteiger partial charge < -0.3 is 24.4 Å². The van der Waals surface area contributed by atoms with Gasteiger partial charge in [0.25, 0.3) is 0 Å². The molecule has 1 amide bonds. The highest BCUT2D eigenvalue weighted by Crippen LogP contribution is 2.35. The molecule has 1 aromatic rings. The first-order valence-corrected chi connectivity index (χ1v) is 9.35. The van der Waals surface area contributed by atoms with Crippen molar-refractivity contribution in [1.82, 2.24) is 19.8 Å². The van der Waals surface area contributed by atoms with E-state index in [2.05, 4.69) is 9.97 Å². The van der Waals surface area contributed by atoms with Gasteiger partial charge in [-0.15, -0.1) is 0 Å². The predicted octanol–water partition coefficient (Wildman–Crippen LogP) is 1.06. The van der Waals surface area contributed by atoms with Crippen molar-refractivity contribution in [2.75, 3.05) is 40.4 Å². The van der Waals surface area contributed by atoms with Crippen LogP contribution >= 0.6 is 0 Å². The fourth-order valence-corrected chi connectivity index (χ4v) is 3.45. The van der Waals surface area contributed by atoms with Crippen LogP contribution in [0.3, 0.4) is 0 Å². The zero-order valence-electron chi connectivity index (χ0n) is 16.7. The number of hydrogen-bond donors (Lipinski definition) is 1. The molecule has 0 bridgehead atoms. The number of alkyl halides is 3. The highest BCUT2D eigenvalue weighted by atomic mass is 19.4. The van der Waals surface area contributed by atoms with Crippen LogP contribution in [-0.4, -0.2) is 95.5 Å². The Bertz CT molecular complexity index is 705. The Morgan fingerprint density at radius 2 is 1.93 bits per heavy atom. The summed E-state index contributed by atoms with van der Waals surface area (Å²) in [7, 11) is 3.84. The van der Waals surface area contributed by atoms with Crippen molar-refractivity contribution in [3.8, 4) is 6.01 Å². The highest BCUT2D eigenvalue weighted by Gasteiger charge is 2.44. The van der Waals surface area contributed by atoms with Crippen LogP contribution in [0, 0.1) is 5.92 Å². The third-order valence-electron chi connectivity index (χ3n) is 4.70. The number of carboxylic acids is 1. The molecule has 30 heavy (non-hydrogen) atoms. The normalized spacial score (nSPS) is 23.4. The fourth-order valence-electron chi connectivity index (χ4n) is 3.45. The molecule has 1 aliphatic heterocycles. The van der Waals surface area contributed by atoms with Gasteiger partial charge in [-0.2, -0.15) is 13.2 Å². The summed E-state index contributed by atoms with van der Waals surface area (Å²) in [4.78, 5) is 33.4. The first kappa shape index (κ1) is 23.8. The maximum absolute atomic E-state index is 12.4. The van der Waals surface area contributed by atoms with E-state index < -0.39 is 12.1 Å². The molecule has 9 nitrogen and oxygen atoms in total. The average molecular weight is 434 g/mol. The highest BCUT2D eigenvalue weighted by molar-refractivity contribution is 5.78. The molecule has 1 N–H and O–H groups in total. The number of likely N-dealkylation sites (N-methyl/N-ethyl adjacent to an activating group) is 1. The maximum Gasteiger partial charge on any atom is 0.490 e. The molecule has 1 aliphatic carbocycles. The molecule has 3 rings (SSSR count). The van der Waals surface area contributed by atoms with Crippen molar-refractivity contribution in [3.63, 3.8) is 0 Å². The number of amides is 1. The van der Waals surface area contributed by atoms with E-state index in [1.807, 2.05) is 23.9 Å². The van der Waals surface area contributed by atoms with Gasteiger partial charge in [0.1, 0.15) is 0 Å². The molecular weight excluding hydrogens is 409 g/mol. The van der Waals surface area contributed by atoms with Gasteiger partial charge in [0.05, 0.1) is 31.9 Å². The monoisotopic (exact) mass is 434 g/mol. The van der Waals surface area contributed by atoms with E-state index in [9.17, 15) is 18.0 Å². The second kappa shape index (κ2) is 10.5. The van der Waals surface area contributed by atoms with Crippen LogP contribution in [0.15, 0.2) is 18.5 Å². The van der Waals surface area contributed by atoms with E-state index in [4.69, 9.17) is 19.4 Å². The maximum atomic E-state index is 12.4. The summed E-state index contributed by atoms with van der Waals surface area (Å²) in [6, 6.07) is 2.32. The molecule has 12 heteroatoms. The third kappa shape index (κ3) is 6.80. The minimum Gasteiger partial charge on any atom is -0.475 e. The van der Waals surface area contributed by atoms with Crippen molar-refractivity contribution in [3.05, 3.63) is 18.5 Å². The number of morpholine rings is 1. The molecule has 3 unspecified atom stereocenters. The Hall–Kier alpha value is -2.47. The van der Waals surface area contributed by atoms with E-state index in [0.29, 0.717) is 32.3 Å². The van der Waals surface area contributed by atoms with Crippen LogP contribution in [0.2, 0.25) is 0 Å². The summed E-state index contributed by atoms with van der Waals surface area (Å²) < 4.78 is 43.4. The molecule has 2 fully saturated rings. The van der Waals surface area contributed by atoms with Crippen LogP contribution in [0.5, 0.6) is 6.01 Å². The molecule has 3 atom stereocenters. The van der Waals surface area contributed by atoms with Crippen molar-refractivity contribution in [2.45, 2.75) is 31.2 Å². The Morgan fingerprint density at radius 1 is 1.30 bits per heavy atom. The van der Waals surface area contributed by atoms with Gasteiger partial charge in [-0.1, -0.05) is 0 Å². The largest absolute Gasteiger partial charge is 0.490 e. The number of rotatable bonds is 5. The number of ether oxygens (including phenoxy) is 2. The van der Waals surface area contributed by atoms with Gasteiger partial charge in [-0.3, -0.25) is 4.79 Å². The Morgan fingerprint density at radius 3 is 2.50 bits per heavy atom. The topological polar surface area (TPSA) is 105 Å². The number of aliphatic carboxylic acids is 1. The van der Waals surface area contributed by atoms with Crippen LogP contribution < -0.4 is 4.74 Å². The van der Waals surface area contributed by atoms with Gasteiger partial charge in [-0.25, -0.2) is 14.8 Å². The first-order valence-electron chi connectivity index (χ1n) is 9.35. The van der Waals surface area contributed by atoms with Gasteiger partial charge in [-0.05, 0) is 33.0 Å². The summed E-state index contributed by atoms with van der Waals surface area (Å²) in [5, 5.41) is 7.12. The summed E-state index contributed by atoms with van der Waals surface area (Å²) in [5.41, 5.74) is 0. The van der Waals surface area contributed by atoms with Crippen molar-refractivity contribution >= 4 is 11.9 Å². The number of carbonyl (C=O) groups is 2. The van der Waals surface area contributed by atoms with Gasteiger partial charge in [0.2, 0.25) is 5.91 Å². The summed E-state index contributed by atoms with van der Waals surface area (Å²) >= 11 is 0. The summed E-state index contributed by atoms with van der Waals surface area (Å²) in [6.07, 6.45) is 0.261. The number of nitrogens with zero attached hydrogens (tertiary/aromatic N) is 4. The Labute approximate surface area is 171 Å².